The lowest BCUT2D eigenvalue weighted by Crippen LogP contribution is -2.43. The molecule has 2 heterocycles. The minimum atomic E-state index is -0.849. The summed E-state index contributed by atoms with van der Waals surface area (Å²) in [6.07, 6.45) is 4.79. The Morgan fingerprint density at radius 3 is 2.21 bits per heavy atom. The van der Waals surface area contributed by atoms with Gasteiger partial charge >= 0.3 is 0 Å². The van der Waals surface area contributed by atoms with Gasteiger partial charge in [-0.05, 0) is 61.2 Å². The molecular weight excluding hydrogens is 541 g/mol. The molecule has 0 unspecified atom stereocenters. The molecule has 1 aromatic heterocycles. The van der Waals surface area contributed by atoms with Gasteiger partial charge < -0.3 is 19.7 Å². The molecule has 0 amide bonds. The number of rotatable bonds is 8. The molecule has 0 radical (unpaired) electrons. The molecule has 8 heteroatoms. The van der Waals surface area contributed by atoms with Gasteiger partial charge in [-0.25, -0.2) is 4.98 Å². The van der Waals surface area contributed by atoms with E-state index in [9.17, 15) is 10.2 Å². The lowest BCUT2D eigenvalue weighted by Gasteiger charge is -2.39. The first kappa shape index (κ1) is 28.6. The van der Waals surface area contributed by atoms with Crippen LogP contribution < -0.4 is 0 Å². The number of benzene rings is 3. The molecule has 0 spiro atoms. The van der Waals surface area contributed by atoms with Crippen molar-refractivity contribution in [2.45, 2.75) is 36.9 Å². The summed E-state index contributed by atoms with van der Waals surface area (Å²) in [6.45, 7) is 2.35. The summed E-state index contributed by atoms with van der Waals surface area (Å²) < 4.78 is 1.93. The van der Waals surface area contributed by atoms with Gasteiger partial charge in [0, 0.05) is 37.1 Å². The van der Waals surface area contributed by atoms with Gasteiger partial charge in [-0.2, -0.15) is 0 Å². The molecule has 0 saturated carbocycles. The van der Waals surface area contributed by atoms with E-state index in [2.05, 4.69) is 9.88 Å². The lowest BCUT2D eigenvalue weighted by molar-refractivity contribution is -0.0272. The molecule has 0 aliphatic carbocycles. The standard InChI is InChI=1S/C30H31Cl2N3O2.ClH/c31-26-12-11-22(21-27(26)32)25(28(36)29-33-16-20-35(29)24-9-5-2-6-10-24)13-17-34-18-14-30(37,15-19-34)23-7-3-1-4-8-23;/h1-12,16,20-21,25,28,36-37H,13-15,17-19H2;1H/t25-,28+;/m0./s1. The number of imidazole rings is 1. The average molecular weight is 573 g/mol. The van der Waals surface area contributed by atoms with Gasteiger partial charge in [0.15, 0.2) is 0 Å². The van der Waals surface area contributed by atoms with Crippen molar-refractivity contribution in [1.82, 2.24) is 14.5 Å². The zero-order valence-corrected chi connectivity index (χ0v) is 23.3. The van der Waals surface area contributed by atoms with Crippen LogP contribution in [0.3, 0.4) is 0 Å². The van der Waals surface area contributed by atoms with E-state index >= 15 is 0 Å². The number of hydrogen-bond donors (Lipinski definition) is 2. The maximum absolute atomic E-state index is 11.7. The van der Waals surface area contributed by atoms with Crippen molar-refractivity contribution in [1.29, 1.82) is 0 Å². The Morgan fingerprint density at radius 2 is 1.55 bits per heavy atom. The number of likely N-dealkylation sites (tertiary alicyclic amines) is 1. The predicted octanol–water partition coefficient (Wildman–Crippen LogP) is 6.79. The summed E-state index contributed by atoms with van der Waals surface area (Å²) in [5, 5.41) is 23.8. The van der Waals surface area contributed by atoms with E-state index in [1.807, 2.05) is 83.6 Å². The van der Waals surface area contributed by atoms with E-state index < -0.39 is 11.7 Å². The van der Waals surface area contributed by atoms with Gasteiger partial charge in [-0.1, -0.05) is 77.8 Å². The minimum absolute atomic E-state index is 0. The van der Waals surface area contributed by atoms with E-state index in [1.54, 1.807) is 12.3 Å². The first-order valence-electron chi connectivity index (χ1n) is 12.7. The fraction of sp³-hybridized carbons (Fsp3) is 0.300. The second-order valence-corrected chi connectivity index (χ2v) is 10.6. The Bertz CT molecular complexity index is 1310. The molecule has 200 valence electrons. The van der Waals surface area contributed by atoms with Crippen molar-refractivity contribution in [2.75, 3.05) is 19.6 Å². The summed E-state index contributed by atoms with van der Waals surface area (Å²) in [4.78, 5) is 6.89. The van der Waals surface area contributed by atoms with Gasteiger partial charge in [-0.15, -0.1) is 12.4 Å². The van der Waals surface area contributed by atoms with Crippen molar-refractivity contribution in [3.05, 3.63) is 118 Å². The van der Waals surface area contributed by atoms with Crippen LogP contribution in [0, 0.1) is 0 Å². The molecule has 5 nitrogen and oxygen atoms in total. The van der Waals surface area contributed by atoms with Crippen LogP contribution in [0.1, 0.15) is 48.2 Å². The van der Waals surface area contributed by atoms with E-state index in [4.69, 9.17) is 23.2 Å². The van der Waals surface area contributed by atoms with Gasteiger partial charge in [0.25, 0.3) is 0 Å². The summed E-state index contributed by atoms with van der Waals surface area (Å²) in [5.74, 6) is 0.342. The minimum Gasteiger partial charge on any atom is -0.385 e. The normalized spacial score (nSPS) is 16.9. The molecule has 2 atom stereocenters. The number of para-hydroxylation sites is 1. The maximum Gasteiger partial charge on any atom is 0.142 e. The summed E-state index contributed by atoms with van der Waals surface area (Å²) in [5.41, 5.74) is 2.05. The fourth-order valence-corrected chi connectivity index (χ4v) is 5.58. The van der Waals surface area contributed by atoms with E-state index in [1.165, 1.54) is 0 Å². The quantitative estimate of drug-likeness (QED) is 0.244. The second kappa shape index (κ2) is 12.6. The van der Waals surface area contributed by atoms with Gasteiger partial charge in [-0.3, -0.25) is 0 Å². The Morgan fingerprint density at radius 1 is 0.895 bits per heavy atom. The van der Waals surface area contributed by atoms with Gasteiger partial charge in [0.1, 0.15) is 11.9 Å². The molecule has 1 aliphatic heterocycles. The highest BCUT2D eigenvalue weighted by Crippen LogP contribution is 2.38. The number of aliphatic hydroxyl groups excluding tert-OH is 1. The number of hydrogen-bond acceptors (Lipinski definition) is 4. The predicted molar refractivity (Wildman–Crippen MR) is 156 cm³/mol. The maximum atomic E-state index is 11.7. The second-order valence-electron chi connectivity index (χ2n) is 9.74. The highest BCUT2D eigenvalue weighted by Gasteiger charge is 2.34. The summed E-state index contributed by atoms with van der Waals surface area (Å²) >= 11 is 12.6. The van der Waals surface area contributed by atoms with Crippen molar-refractivity contribution in [3.8, 4) is 5.69 Å². The molecule has 4 aromatic rings. The van der Waals surface area contributed by atoms with Crippen LogP contribution in [-0.4, -0.2) is 44.3 Å². The number of halogens is 3. The number of piperidine rings is 1. The number of aliphatic hydroxyl groups is 2. The highest BCUT2D eigenvalue weighted by atomic mass is 35.5. The number of aromatic nitrogens is 2. The third-order valence-corrected chi connectivity index (χ3v) is 8.21. The Hall–Kier alpha value is -2.38. The molecule has 2 N–H and O–H groups in total. The third-order valence-electron chi connectivity index (χ3n) is 7.47. The van der Waals surface area contributed by atoms with E-state index in [0.29, 0.717) is 35.1 Å². The molecule has 38 heavy (non-hydrogen) atoms. The molecular formula is C30H32Cl3N3O2. The van der Waals surface area contributed by atoms with Crippen LogP contribution in [0.25, 0.3) is 5.69 Å². The van der Waals surface area contributed by atoms with Crippen LogP contribution in [0.15, 0.2) is 91.3 Å². The summed E-state index contributed by atoms with van der Waals surface area (Å²) in [6, 6.07) is 25.4. The molecule has 1 aliphatic rings. The topological polar surface area (TPSA) is 61.5 Å². The zero-order chi connectivity index (χ0) is 25.8. The average Bonchev–Trinajstić information content (AvgIpc) is 3.43. The number of nitrogens with zero attached hydrogens (tertiary/aromatic N) is 3. The van der Waals surface area contributed by atoms with Crippen molar-refractivity contribution >= 4 is 35.6 Å². The van der Waals surface area contributed by atoms with Gasteiger partial charge in [0.05, 0.1) is 15.6 Å². The van der Waals surface area contributed by atoms with Crippen LogP contribution in [0.2, 0.25) is 10.0 Å². The van der Waals surface area contributed by atoms with Gasteiger partial charge in [0.2, 0.25) is 0 Å². The van der Waals surface area contributed by atoms with E-state index in [-0.39, 0.29) is 18.3 Å². The van der Waals surface area contributed by atoms with Crippen molar-refractivity contribution in [3.63, 3.8) is 0 Å². The summed E-state index contributed by atoms with van der Waals surface area (Å²) in [7, 11) is 0. The van der Waals surface area contributed by atoms with E-state index in [0.717, 1.165) is 36.4 Å². The largest absolute Gasteiger partial charge is 0.385 e. The molecule has 0 bridgehead atoms. The molecule has 1 fully saturated rings. The molecule has 1 saturated heterocycles. The van der Waals surface area contributed by atoms with Crippen molar-refractivity contribution < 1.29 is 10.2 Å². The SMILES string of the molecule is Cl.O[C@@H](c1nccn1-c1ccccc1)[C@@H](CCN1CCC(O)(c2ccccc2)CC1)c1ccc(Cl)c(Cl)c1. The lowest BCUT2D eigenvalue weighted by atomic mass is 9.84. The fourth-order valence-electron chi connectivity index (χ4n) is 5.28. The molecule has 5 rings (SSSR count). The van der Waals surface area contributed by atoms with Crippen LogP contribution in [-0.2, 0) is 5.60 Å². The Kier molecular flexibility index (Phi) is 9.53. The smallest absolute Gasteiger partial charge is 0.142 e. The monoisotopic (exact) mass is 571 g/mol. The Labute approximate surface area is 240 Å². The highest BCUT2D eigenvalue weighted by molar-refractivity contribution is 6.42. The first-order valence-corrected chi connectivity index (χ1v) is 13.4. The molecule has 3 aromatic carbocycles. The zero-order valence-electron chi connectivity index (χ0n) is 21.0. The van der Waals surface area contributed by atoms with Crippen molar-refractivity contribution in [2.24, 2.45) is 0 Å². The first-order chi connectivity index (χ1) is 17.9. The van der Waals surface area contributed by atoms with Crippen LogP contribution in [0.5, 0.6) is 0 Å². The Balaban J connectivity index is 0.00000336. The van der Waals surface area contributed by atoms with Crippen LogP contribution >= 0.6 is 35.6 Å². The van der Waals surface area contributed by atoms with Crippen LogP contribution in [0.4, 0.5) is 0 Å². The third kappa shape index (κ3) is 6.26.